The fourth-order valence-electron chi connectivity index (χ4n) is 2.28. The van der Waals surface area contributed by atoms with Gasteiger partial charge in [-0.2, -0.15) is 17.6 Å². The van der Waals surface area contributed by atoms with Crippen molar-refractivity contribution in [2.75, 3.05) is 0 Å². The molecule has 0 aliphatic heterocycles. The third-order valence-corrected chi connectivity index (χ3v) is 3.37. The van der Waals surface area contributed by atoms with Gasteiger partial charge in [0.1, 0.15) is 0 Å². The molecule has 0 heterocycles. The third kappa shape index (κ3) is 4.32. The largest absolute Gasteiger partial charge is 0.270 e. The van der Waals surface area contributed by atoms with Crippen molar-refractivity contribution in [1.29, 1.82) is 0 Å². The van der Waals surface area contributed by atoms with Crippen LogP contribution in [0.4, 0.5) is 17.6 Å². The highest BCUT2D eigenvalue weighted by molar-refractivity contribution is 5.54. The summed E-state index contributed by atoms with van der Waals surface area (Å²) in [6.07, 6.45) is -1.91. The van der Waals surface area contributed by atoms with E-state index in [4.69, 9.17) is 0 Å². The number of halogens is 4. The van der Waals surface area contributed by atoms with E-state index in [9.17, 15) is 17.6 Å². The van der Waals surface area contributed by atoms with Crippen molar-refractivity contribution in [2.24, 2.45) is 0 Å². The van der Waals surface area contributed by atoms with Crippen molar-refractivity contribution in [3.05, 3.63) is 82.9 Å². The summed E-state index contributed by atoms with van der Waals surface area (Å²) in [7, 11) is 0. The van der Waals surface area contributed by atoms with Crippen molar-refractivity contribution in [3.63, 3.8) is 0 Å². The average Bonchev–Trinajstić information content (AvgIpc) is 2.45. The van der Waals surface area contributed by atoms with Gasteiger partial charge in [0, 0.05) is 18.1 Å². The highest BCUT2D eigenvalue weighted by Crippen LogP contribution is 2.26. The molecule has 22 heavy (non-hydrogen) atoms. The van der Waals surface area contributed by atoms with Gasteiger partial charge in [-0.25, -0.2) is 0 Å². The van der Waals surface area contributed by atoms with E-state index in [1.807, 2.05) is 19.1 Å². The highest BCUT2D eigenvalue weighted by atomic mass is 19.3. The Morgan fingerprint density at radius 1 is 0.773 bits per heavy atom. The second kappa shape index (κ2) is 7.07. The minimum Gasteiger partial charge on any atom is -0.173 e. The van der Waals surface area contributed by atoms with Crippen LogP contribution in [-0.4, -0.2) is 0 Å². The summed E-state index contributed by atoms with van der Waals surface area (Å²) in [5.41, 5.74) is 2.51. The predicted octanol–water partition coefficient (Wildman–Crippen LogP) is 6.31. The van der Waals surface area contributed by atoms with Crippen LogP contribution in [0, 0.1) is 0 Å². The van der Waals surface area contributed by atoms with E-state index >= 15 is 0 Å². The minimum atomic E-state index is -1.75. The van der Waals surface area contributed by atoms with Gasteiger partial charge in [0.2, 0.25) is 0 Å². The smallest absolute Gasteiger partial charge is 0.173 e. The second-order valence-electron chi connectivity index (χ2n) is 4.93. The molecule has 0 unspecified atom stereocenters. The standard InChI is InChI=1S/C18H14F4/c1-12(15-6-2-4-13(8-15)10-17(19)20)16-7-3-5-14(9-16)11-18(21)22/h2-12H,1H3. The third-order valence-electron chi connectivity index (χ3n) is 3.37. The first-order valence-electron chi connectivity index (χ1n) is 6.71. The molecule has 114 valence electrons. The summed E-state index contributed by atoms with van der Waals surface area (Å²) in [4.78, 5) is 0. The van der Waals surface area contributed by atoms with Gasteiger partial charge in [0.25, 0.3) is 12.2 Å². The Balaban J connectivity index is 2.34. The molecule has 0 saturated carbocycles. The molecule has 0 spiro atoms. The normalized spacial score (nSPS) is 10.5. The summed E-state index contributed by atoms with van der Waals surface area (Å²) < 4.78 is 49.3. The Bertz CT molecular complexity index is 647. The molecule has 0 aliphatic carbocycles. The van der Waals surface area contributed by atoms with Crippen LogP contribution in [0.1, 0.15) is 35.1 Å². The molecule has 2 aromatic carbocycles. The molecule has 0 aromatic heterocycles. The molecule has 0 amide bonds. The lowest BCUT2D eigenvalue weighted by Crippen LogP contribution is -1.96. The maximum Gasteiger partial charge on any atom is 0.270 e. The molecule has 2 aromatic rings. The monoisotopic (exact) mass is 306 g/mol. The molecule has 0 aliphatic rings. The zero-order valence-corrected chi connectivity index (χ0v) is 11.9. The topological polar surface area (TPSA) is 0 Å². The van der Waals surface area contributed by atoms with Gasteiger partial charge in [-0.3, -0.25) is 0 Å². The fourth-order valence-corrected chi connectivity index (χ4v) is 2.28. The van der Waals surface area contributed by atoms with Crippen LogP contribution in [-0.2, 0) is 0 Å². The molecule has 2 rings (SSSR count). The van der Waals surface area contributed by atoms with Crippen LogP contribution < -0.4 is 0 Å². The highest BCUT2D eigenvalue weighted by Gasteiger charge is 2.09. The SMILES string of the molecule is CC(c1cccc(C=C(F)F)c1)c1cccc(C=C(F)F)c1. The Hall–Kier alpha value is -2.36. The van der Waals surface area contributed by atoms with Crippen molar-refractivity contribution >= 4 is 12.2 Å². The number of benzene rings is 2. The summed E-state index contributed by atoms with van der Waals surface area (Å²) in [6.45, 7) is 1.91. The maximum atomic E-state index is 12.3. The zero-order valence-electron chi connectivity index (χ0n) is 11.9. The van der Waals surface area contributed by atoms with E-state index in [2.05, 4.69) is 0 Å². The molecule has 0 nitrogen and oxygen atoms in total. The summed E-state index contributed by atoms with van der Waals surface area (Å²) >= 11 is 0. The fraction of sp³-hybridized carbons (Fsp3) is 0.111. The first-order chi connectivity index (χ1) is 10.5. The average molecular weight is 306 g/mol. The van der Waals surface area contributed by atoms with Crippen molar-refractivity contribution in [1.82, 2.24) is 0 Å². The molecule has 0 bridgehead atoms. The Morgan fingerprint density at radius 2 is 1.18 bits per heavy atom. The van der Waals surface area contributed by atoms with Gasteiger partial charge >= 0.3 is 0 Å². The van der Waals surface area contributed by atoms with Crippen molar-refractivity contribution in [3.8, 4) is 0 Å². The van der Waals surface area contributed by atoms with Gasteiger partial charge in [0.05, 0.1) is 0 Å². The van der Waals surface area contributed by atoms with E-state index in [1.54, 1.807) is 36.4 Å². The Labute approximate surface area is 126 Å². The molecule has 0 N–H and O–H groups in total. The van der Waals surface area contributed by atoms with Crippen LogP contribution in [0.5, 0.6) is 0 Å². The van der Waals surface area contributed by atoms with Crippen LogP contribution >= 0.6 is 0 Å². The summed E-state index contributed by atoms with van der Waals surface area (Å²) in [5.74, 6) is -0.0907. The second-order valence-corrected chi connectivity index (χ2v) is 4.93. The molecule has 0 atom stereocenters. The van der Waals surface area contributed by atoms with Crippen LogP contribution in [0.3, 0.4) is 0 Å². The molecular formula is C18H14F4. The lowest BCUT2D eigenvalue weighted by Gasteiger charge is -2.14. The lowest BCUT2D eigenvalue weighted by molar-refractivity contribution is 0.428. The predicted molar refractivity (Wildman–Crippen MR) is 80.8 cm³/mol. The molecular weight excluding hydrogens is 292 g/mol. The maximum absolute atomic E-state index is 12.3. The van der Waals surface area contributed by atoms with E-state index in [-0.39, 0.29) is 5.92 Å². The number of hydrogen-bond donors (Lipinski definition) is 0. The molecule has 0 fully saturated rings. The summed E-state index contributed by atoms with van der Waals surface area (Å²) in [6, 6.07) is 13.6. The van der Waals surface area contributed by atoms with E-state index in [1.165, 1.54) is 0 Å². The van der Waals surface area contributed by atoms with Crippen molar-refractivity contribution < 1.29 is 17.6 Å². The van der Waals surface area contributed by atoms with Crippen LogP contribution in [0.25, 0.3) is 12.2 Å². The summed E-state index contributed by atoms with van der Waals surface area (Å²) in [5, 5.41) is 0. The van der Waals surface area contributed by atoms with E-state index < -0.39 is 12.2 Å². The van der Waals surface area contributed by atoms with Gasteiger partial charge in [0.15, 0.2) is 0 Å². The Kier molecular flexibility index (Phi) is 5.15. The van der Waals surface area contributed by atoms with E-state index in [0.29, 0.717) is 11.1 Å². The van der Waals surface area contributed by atoms with E-state index in [0.717, 1.165) is 23.3 Å². The minimum absolute atomic E-state index is 0.0907. The van der Waals surface area contributed by atoms with Gasteiger partial charge < -0.3 is 0 Å². The molecule has 0 radical (unpaired) electrons. The molecule has 0 saturated heterocycles. The first-order valence-corrected chi connectivity index (χ1v) is 6.71. The first kappa shape index (κ1) is 16.0. The van der Waals surface area contributed by atoms with Gasteiger partial charge in [-0.15, -0.1) is 0 Å². The van der Waals surface area contributed by atoms with Crippen LogP contribution in [0.15, 0.2) is 60.7 Å². The molecule has 4 heteroatoms. The van der Waals surface area contributed by atoms with Gasteiger partial charge in [-0.1, -0.05) is 55.5 Å². The Morgan fingerprint density at radius 3 is 1.55 bits per heavy atom. The van der Waals surface area contributed by atoms with Gasteiger partial charge in [-0.05, 0) is 22.3 Å². The zero-order chi connectivity index (χ0) is 16.1. The lowest BCUT2D eigenvalue weighted by atomic mass is 9.91. The number of hydrogen-bond acceptors (Lipinski definition) is 0. The van der Waals surface area contributed by atoms with Crippen molar-refractivity contribution in [2.45, 2.75) is 12.8 Å². The quantitative estimate of drug-likeness (QED) is 0.580. The van der Waals surface area contributed by atoms with Crippen LogP contribution in [0.2, 0.25) is 0 Å². The number of rotatable bonds is 4.